The van der Waals surface area contributed by atoms with Crippen LogP contribution in [0.1, 0.15) is 50.0 Å². The first-order valence-electron chi connectivity index (χ1n) is 8.30. The Kier molecular flexibility index (Phi) is 5.15. The molecule has 1 aromatic rings. The van der Waals surface area contributed by atoms with Crippen LogP contribution in [0.15, 0.2) is 24.3 Å². The molecule has 0 spiro atoms. The third-order valence-electron chi connectivity index (χ3n) is 4.93. The summed E-state index contributed by atoms with van der Waals surface area (Å²) in [6.45, 7) is 1.98. The molecule has 21 heavy (non-hydrogen) atoms. The SMILES string of the molecule is OCC1CCC(c2ccc(OC3CCOCC3)cc2)CC1. The Hall–Kier alpha value is -1.06. The molecule has 0 aromatic heterocycles. The standard InChI is InChI=1S/C18H26O3/c19-13-14-1-3-15(4-2-14)16-5-7-17(8-6-16)21-18-9-11-20-12-10-18/h5-8,14-15,18-19H,1-4,9-13H2. The zero-order valence-electron chi connectivity index (χ0n) is 12.7. The van der Waals surface area contributed by atoms with Gasteiger partial charge in [-0.05, 0) is 55.2 Å². The summed E-state index contributed by atoms with van der Waals surface area (Å²) in [7, 11) is 0. The normalized spacial score (nSPS) is 27.5. The van der Waals surface area contributed by atoms with E-state index in [0.717, 1.165) is 44.6 Å². The van der Waals surface area contributed by atoms with E-state index in [9.17, 15) is 5.11 Å². The number of benzene rings is 1. The van der Waals surface area contributed by atoms with Crippen LogP contribution in [0.5, 0.6) is 5.75 Å². The van der Waals surface area contributed by atoms with Gasteiger partial charge in [0.2, 0.25) is 0 Å². The van der Waals surface area contributed by atoms with Gasteiger partial charge in [0.15, 0.2) is 0 Å². The predicted molar refractivity (Wildman–Crippen MR) is 82.7 cm³/mol. The van der Waals surface area contributed by atoms with E-state index in [4.69, 9.17) is 9.47 Å². The number of hydrogen-bond acceptors (Lipinski definition) is 3. The van der Waals surface area contributed by atoms with Crippen molar-refractivity contribution in [2.75, 3.05) is 19.8 Å². The highest BCUT2D eigenvalue weighted by Crippen LogP contribution is 2.36. The molecule has 3 heteroatoms. The molecule has 0 atom stereocenters. The minimum absolute atomic E-state index is 0.310. The number of aliphatic hydroxyl groups is 1. The van der Waals surface area contributed by atoms with Crippen molar-refractivity contribution in [2.45, 2.75) is 50.5 Å². The second kappa shape index (κ2) is 7.28. The molecule has 0 bridgehead atoms. The Morgan fingerprint density at radius 1 is 0.952 bits per heavy atom. The van der Waals surface area contributed by atoms with Gasteiger partial charge in [0.05, 0.1) is 13.2 Å². The topological polar surface area (TPSA) is 38.7 Å². The molecule has 1 aromatic carbocycles. The number of hydrogen-bond donors (Lipinski definition) is 1. The van der Waals surface area contributed by atoms with E-state index in [2.05, 4.69) is 24.3 Å². The maximum Gasteiger partial charge on any atom is 0.119 e. The minimum atomic E-state index is 0.310. The Labute approximate surface area is 127 Å². The molecule has 1 aliphatic heterocycles. The van der Waals surface area contributed by atoms with Gasteiger partial charge in [0, 0.05) is 19.4 Å². The summed E-state index contributed by atoms with van der Waals surface area (Å²) in [6, 6.07) is 8.67. The molecule has 1 heterocycles. The van der Waals surface area contributed by atoms with Gasteiger partial charge in [-0.2, -0.15) is 0 Å². The van der Waals surface area contributed by atoms with Crippen molar-refractivity contribution in [1.29, 1.82) is 0 Å². The molecule has 1 aliphatic carbocycles. The van der Waals surface area contributed by atoms with Gasteiger partial charge in [-0.25, -0.2) is 0 Å². The van der Waals surface area contributed by atoms with Crippen LogP contribution >= 0.6 is 0 Å². The maximum absolute atomic E-state index is 9.21. The van der Waals surface area contributed by atoms with Gasteiger partial charge in [0.25, 0.3) is 0 Å². The van der Waals surface area contributed by atoms with Crippen molar-refractivity contribution in [1.82, 2.24) is 0 Å². The maximum atomic E-state index is 9.21. The first-order valence-corrected chi connectivity index (χ1v) is 8.30. The van der Waals surface area contributed by atoms with Gasteiger partial charge >= 0.3 is 0 Å². The summed E-state index contributed by atoms with van der Waals surface area (Å²) >= 11 is 0. The highest BCUT2D eigenvalue weighted by Gasteiger charge is 2.22. The fourth-order valence-electron chi connectivity index (χ4n) is 3.48. The third kappa shape index (κ3) is 3.98. The van der Waals surface area contributed by atoms with Crippen LogP contribution in [0.2, 0.25) is 0 Å². The Bertz CT molecular complexity index is 415. The largest absolute Gasteiger partial charge is 0.490 e. The van der Waals surface area contributed by atoms with Crippen LogP contribution in [0, 0.1) is 5.92 Å². The second-order valence-electron chi connectivity index (χ2n) is 6.40. The number of aliphatic hydroxyl groups excluding tert-OH is 1. The smallest absolute Gasteiger partial charge is 0.119 e. The van der Waals surface area contributed by atoms with Crippen molar-refractivity contribution >= 4 is 0 Å². The Balaban J connectivity index is 1.54. The van der Waals surface area contributed by atoms with Crippen molar-refractivity contribution in [3.05, 3.63) is 29.8 Å². The van der Waals surface area contributed by atoms with E-state index in [1.165, 1.54) is 18.4 Å². The molecule has 116 valence electrons. The lowest BCUT2D eigenvalue weighted by molar-refractivity contribution is 0.0255. The Morgan fingerprint density at radius 3 is 2.24 bits per heavy atom. The summed E-state index contributed by atoms with van der Waals surface area (Å²) in [5.74, 6) is 2.16. The molecular weight excluding hydrogens is 264 g/mol. The van der Waals surface area contributed by atoms with Crippen LogP contribution in [-0.2, 0) is 4.74 Å². The van der Waals surface area contributed by atoms with Crippen molar-refractivity contribution in [2.24, 2.45) is 5.92 Å². The molecule has 1 saturated carbocycles. The molecule has 0 amide bonds. The van der Waals surface area contributed by atoms with Gasteiger partial charge in [-0.3, -0.25) is 0 Å². The summed E-state index contributed by atoms with van der Waals surface area (Å²) in [4.78, 5) is 0. The lowest BCUT2D eigenvalue weighted by Gasteiger charge is -2.28. The van der Waals surface area contributed by atoms with Crippen LogP contribution in [0.4, 0.5) is 0 Å². The molecule has 0 unspecified atom stereocenters. The molecule has 0 radical (unpaired) electrons. The van der Waals surface area contributed by atoms with Gasteiger partial charge in [-0.15, -0.1) is 0 Å². The molecule has 2 fully saturated rings. The zero-order valence-corrected chi connectivity index (χ0v) is 12.7. The highest BCUT2D eigenvalue weighted by atomic mass is 16.5. The van der Waals surface area contributed by atoms with Crippen LogP contribution in [0.3, 0.4) is 0 Å². The van der Waals surface area contributed by atoms with E-state index in [1.54, 1.807) is 0 Å². The monoisotopic (exact) mass is 290 g/mol. The highest BCUT2D eigenvalue weighted by molar-refractivity contribution is 5.30. The van der Waals surface area contributed by atoms with Crippen molar-refractivity contribution in [3.8, 4) is 5.75 Å². The lowest BCUT2D eigenvalue weighted by Crippen LogP contribution is -2.25. The van der Waals surface area contributed by atoms with Gasteiger partial charge < -0.3 is 14.6 Å². The quantitative estimate of drug-likeness (QED) is 0.922. The molecule has 2 aliphatic rings. The van der Waals surface area contributed by atoms with E-state index in [-0.39, 0.29) is 0 Å². The first-order chi connectivity index (χ1) is 10.3. The van der Waals surface area contributed by atoms with Crippen molar-refractivity contribution < 1.29 is 14.6 Å². The van der Waals surface area contributed by atoms with Crippen LogP contribution in [-0.4, -0.2) is 31.0 Å². The summed E-state index contributed by atoms with van der Waals surface area (Å²) < 4.78 is 11.4. The first kappa shape index (κ1) is 14.9. The molecule has 3 nitrogen and oxygen atoms in total. The minimum Gasteiger partial charge on any atom is -0.490 e. The Morgan fingerprint density at radius 2 is 1.62 bits per heavy atom. The fraction of sp³-hybridized carbons (Fsp3) is 0.667. The summed E-state index contributed by atoms with van der Waals surface area (Å²) in [5.41, 5.74) is 1.42. The number of rotatable bonds is 4. The average molecular weight is 290 g/mol. The summed E-state index contributed by atoms with van der Waals surface area (Å²) in [5, 5.41) is 9.21. The van der Waals surface area contributed by atoms with Crippen LogP contribution < -0.4 is 4.74 Å². The van der Waals surface area contributed by atoms with Gasteiger partial charge in [-0.1, -0.05) is 12.1 Å². The van der Waals surface area contributed by atoms with E-state index < -0.39 is 0 Å². The van der Waals surface area contributed by atoms with Crippen molar-refractivity contribution in [3.63, 3.8) is 0 Å². The average Bonchev–Trinajstić information content (AvgIpc) is 2.57. The summed E-state index contributed by atoms with van der Waals surface area (Å²) in [6.07, 6.45) is 7.00. The molecule has 1 N–H and O–H groups in total. The van der Waals surface area contributed by atoms with E-state index in [1.807, 2.05) is 0 Å². The lowest BCUT2D eigenvalue weighted by atomic mass is 9.79. The molecular formula is C18H26O3. The van der Waals surface area contributed by atoms with E-state index >= 15 is 0 Å². The predicted octanol–water partition coefficient (Wildman–Crippen LogP) is 3.51. The van der Waals surface area contributed by atoms with Gasteiger partial charge in [0.1, 0.15) is 11.9 Å². The third-order valence-corrected chi connectivity index (χ3v) is 4.93. The molecule has 3 rings (SSSR count). The van der Waals surface area contributed by atoms with E-state index in [0.29, 0.717) is 24.5 Å². The zero-order chi connectivity index (χ0) is 14.5. The van der Waals surface area contributed by atoms with Crippen LogP contribution in [0.25, 0.3) is 0 Å². The molecule has 1 saturated heterocycles. The second-order valence-corrected chi connectivity index (χ2v) is 6.40. The fourth-order valence-corrected chi connectivity index (χ4v) is 3.48. The number of ether oxygens (including phenoxy) is 2.